The molecular weight excluding hydrogens is 500 g/mol. The van der Waals surface area contributed by atoms with Gasteiger partial charge in [0.05, 0.1) is 37.7 Å². The molecule has 11 heteroatoms. The summed E-state index contributed by atoms with van der Waals surface area (Å²) in [6, 6.07) is 10.4. The molecule has 1 N–H and O–H groups in total. The number of ether oxygens (including phenoxy) is 2. The van der Waals surface area contributed by atoms with Crippen molar-refractivity contribution in [2.45, 2.75) is 38.5 Å². The van der Waals surface area contributed by atoms with Crippen molar-refractivity contribution in [2.75, 3.05) is 27.0 Å². The van der Waals surface area contributed by atoms with Crippen LogP contribution in [0.2, 0.25) is 0 Å². The van der Waals surface area contributed by atoms with Gasteiger partial charge in [-0.15, -0.1) is 0 Å². The minimum atomic E-state index is -3.63. The van der Waals surface area contributed by atoms with E-state index in [0.717, 1.165) is 28.3 Å². The summed E-state index contributed by atoms with van der Waals surface area (Å²) in [7, 11) is -0.739. The van der Waals surface area contributed by atoms with Crippen LogP contribution in [0.1, 0.15) is 45.9 Å². The molecule has 0 spiro atoms. The molecule has 1 aromatic heterocycles. The fourth-order valence-corrected chi connectivity index (χ4v) is 5.75. The minimum Gasteiger partial charge on any atom is -0.496 e. The van der Waals surface area contributed by atoms with Crippen molar-refractivity contribution >= 4 is 33.1 Å². The standard InChI is InChI=1S/C26H30N2O8S/c1-16-13-23(34-2)21(20-10-12-28(24(16)20)26(30)31)15-27-11-9-19(36-37(4,32)33)14-22(27)17-5-7-18(8-6-17)25(29)35-3/h5-8,10,12-13,19,22H,9,11,14-15H2,1-4H3,(H,30,31)/t19-,22+/m0/s1. The Bertz CT molecular complexity index is 1430. The molecule has 2 atom stereocenters. The zero-order valence-corrected chi connectivity index (χ0v) is 21.9. The Hall–Kier alpha value is -3.41. The van der Waals surface area contributed by atoms with Crippen molar-refractivity contribution in [1.29, 1.82) is 0 Å². The summed E-state index contributed by atoms with van der Waals surface area (Å²) in [5, 5.41) is 10.4. The molecule has 198 valence electrons. The number of esters is 1. The lowest BCUT2D eigenvalue weighted by Gasteiger charge is -2.39. The topological polar surface area (TPSA) is 124 Å². The first-order chi connectivity index (χ1) is 17.5. The number of carbonyl (C=O) groups is 2. The van der Waals surface area contributed by atoms with Crippen molar-refractivity contribution < 1.29 is 36.8 Å². The maximum absolute atomic E-state index is 11.9. The van der Waals surface area contributed by atoms with Gasteiger partial charge in [-0.05, 0) is 55.2 Å². The Balaban J connectivity index is 1.74. The Labute approximate surface area is 215 Å². The number of methoxy groups -OCH3 is 2. The van der Waals surface area contributed by atoms with Crippen LogP contribution in [0.15, 0.2) is 42.6 Å². The first kappa shape index (κ1) is 26.6. The summed E-state index contributed by atoms with van der Waals surface area (Å²) in [6.07, 6.45) is 1.91. The highest BCUT2D eigenvalue weighted by Crippen LogP contribution is 2.38. The highest BCUT2D eigenvalue weighted by Gasteiger charge is 2.33. The van der Waals surface area contributed by atoms with Crippen molar-refractivity contribution in [1.82, 2.24) is 9.47 Å². The monoisotopic (exact) mass is 530 g/mol. The molecule has 1 saturated heterocycles. The number of hydrogen-bond acceptors (Lipinski definition) is 8. The van der Waals surface area contributed by atoms with Crippen molar-refractivity contribution in [3.8, 4) is 5.75 Å². The van der Waals surface area contributed by atoms with Crippen molar-refractivity contribution in [3.63, 3.8) is 0 Å². The van der Waals surface area contributed by atoms with Crippen LogP contribution < -0.4 is 4.74 Å². The summed E-state index contributed by atoms with van der Waals surface area (Å²) in [6.45, 7) is 2.80. The molecule has 1 aliphatic rings. The quantitative estimate of drug-likeness (QED) is 0.357. The van der Waals surface area contributed by atoms with Crippen LogP contribution in [-0.2, 0) is 25.6 Å². The number of aromatic nitrogens is 1. The molecule has 10 nitrogen and oxygen atoms in total. The summed E-state index contributed by atoms with van der Waals surface area (Å²) in [5.74, 6) is 0.197. The predicted molar refractivity (Wildman–Crippen MR) is 137 cm³/mol. The molecule has 2 heterocycles. The van der Waals surface area contributed by atoms with E-state index in [4.69, 9.17) is 13.7 Å². The summed E-state index contributed by atoms with van der Waals surface area (Å²) in [4.78, 5) is 25.9. The van der Waals surface area contributed by atoms with Gasteiger partial charge >= 0.3 is 12.1 Å². The number of benzene rings is 2. The number of likely N-dealkylation sites (tertiary alicyclic amines) is 1. The molecule has 3 aromatic rings. The molecule has 1 aliphatic heterocycles. The molecule has 0 amide bonds. The second kappa shape index (κ2) is 10.5. The Morgan fingerprint density at radius 3 is 2.43 bits per heavy atom. The number of piperidine rings is 1. The van der Waals surface area contributed by atoms with Crippen LogP contribution in [0, 0.1) is 6.92 Å². The second-order valence-electron chi connectivity index (χ2n) is 9.15. The van der Waals surface area contributed by atoms with Gasteiger partial charge in [0.2, 0.25) is 0 Å². The average Bonchev–Trinajstić information content (AvgIpc) is 3.31. The lowest BCUT2D eigenvalue weighted by molar-refractivity contribution is 0.0539. The van der Waals surface area contributed by atoms with E-state index in [9.17, 15) is 23.1 Å². The number of aryl methyl sites for hydroxylation is 1. The SMILES string of the molecule is COC(=O)c1ccc([C@H]2C[C@@H](OS(C)(=O)=O)CCN2Cc2c(OC)cc(C)c3c2ccn3C(=O)O)cc1. The molecule has 2 aromatic carbocycles. The summed E-state index contributed by atoms with van der Waals surface area (Å²) >= 11 is 0. The Morgan fingerprint density at radius 2 is 1.84 bits per heavy atom. The van der Waals surface area contributed by atoms with Gasteiger partial charge in [0.1, 0.15) is 5.75 Å². The maximum atomic E-state index is 11.9. The van der Waals surface area contributed by atoms with Crippen molar-refractivity contribution in [3.05, 3.63) is 64.8 Å². The van der Waals surface area contributed by atoms with Crippen LogP contribution in [0.5, 0.6) is 5.75 Å². The molecule has 0 saturated carbocycles. The van der Waals surface area contributed by atoms with Gasteiger partial charge in [-0.1, -0.05) is 12.1 Å². The zero-order chi connectivity index (χ0) is 26.9. The zero-order valence-electron chi connectivity index (χ0n) is 21.1. The molecule has 37 heavy (non-hydrogen) atoms. The van der Waals surface area contributed by atoms with Gasteiger partial charge in [0.15, 0.2) is 0 Å². The van der Waals surface area contributed by atoms with Gasteiger partial charge in [-0.2, -0.15) is 8.42 Å². The number of carboxylic acid groups (broad SMARTS) is 1. The number of fused-ring (bicyclic) bond motifs is 1. The van der Waals surface area contributed by atoms with Gasteiger partial charge in [0, 0.05) is 36.3 Å². The largest absolute Gasteiger partial charge is 0.496 e. The van der Waals surface area contributed by atoms with E-state index in [-0.39, 0.29) is 6.04 Å². The van der Waals surface area contributed by atoms with Crippen molar-refractivity contribution in [2.24, 2.45) is 0 Å². The normalized spacial score (nSPS) is 18.6. The number of rotatable bonds is 7. The average molecular weight is 531 g/mol. The molecule has 1 fully saturated rings. The first-order valence-electron chi connectivity index (χ1n) is 11.7. The third kappa shape index (κ3) is 5.63. The molecule has 0 aliphatic carbocycles. The second-order valence-corrected chi connectivity index (χ2v) is 10.8. The van der Waals surface area contributed by atoms with Gasteiger partial charge in [-0.25, -0.2) is 9.59 Å². The van der Waals surface area contributed by atoms with Crippen LogP contribution >= 0.6 is 0 Å². The Morgan fingerprint density at radius 1 is 1.14 bits per heavy atom. The highest BCUT2D eigenvalue weighted by molar-refractivity contribution is 7.86. The van der Waals surface area contributed by atoms with E-state index in [1.165, 1.54) is 17.9 Å². The summed E-state index contributed by atoms with van der Waals surface area (Å²) < 4.78 is 40.7. The highest BCUT2D eigenvalue weighted by atomic mass is 32.2. The van der Waals surface area contributed by atoms with E-state index >= 15 is 0 Å². The fourth-order valence-electron chi connectivity index (χ4n) is 5.08. The lowest BCUT2D eigenvalue weighted by atomic mass is 9.91. The number of nitrogens with zero attached hydrogens (tertiary/aromatic N) is 2. The maximum Gasteiger partial charge on any atom is 0.416 e. The lowest BCUT2D eigenvalue weighted by Crippen LogP contribution is -2.40. The van der Waals surface area contributed by atoms with Crippen LogP contribution in [0.4, 0.5) is 4.79 Å². The molecular formula is C26H30N2O8S. The molecule has 0 radical (unpaired) electrons. The van der Waals surface area contributed by atoms with E-state index in [1.807, 2.05) is 25.1 Å². The van der Waals surface area contributed by atoms with Gasteiger partial charge in [0.25, 0.3) is 10.1 Å². The fraction of sp³-hybridized carbons (Fsp3) is 0.385. The van der Waals surface area contributed by atoms with Crippen LogP contribution in [0.3, 0.4) is 0 Å². The number of hydrogen-bond donors (Lipinski definition) is 1. The smallest absolute Gasteiger partial charge is 0.416 e. The van der Waals surface area contributed by atoms with Crippen LogP contribution in [0.25, 0.3) is 10.9 Å². The third-order valence-corrected chi connectivity index (χ3v) is 7.33. The van der Waals surface area contributed by atoms with E-state index in [0.29, 0.717) is 42.8 Å². The molecule has 0 bridgehead atoms. The van der Waals surface area contributed by atoms with E-state index in [1.54, 1.807) is 25.3 Å². The minimum absolute atomic E-state index is 0.227. The first-order valence-corrected chi connectivity index (χ1v) is 13.6. The van der Waals surface area contributed by atoms with E-state index in [2.05, 4.69) is 4.90 Å². The van der Waals surface area contributed by atoms with Gasteiger partial charge < -0.3 is 14.6 Å². The number of carbonyl (C=O) groups excluding carboxylic acids is 1. The summed E-state index contributed by atoms with van der Waals surface area (Å²) in [5.41, 5.74) is 3.51. The van der Waals surface area contributed by atoms with Crippen LogP contribution in [-0.4, -0.2) is 68.2 Å². The third-order valence-electron chi connectivity index (χ3n) is 6.71. The Kier molecular flexibility index (Phi) is 7.58. The van der Waals surface area contributed by atoms with Gasteiger partial charge in [-0.3, -0.25) is 13.7 Å². The molecule has 4 rings (SSSR count). The predicted octanol–water partition coefficient (Wildman–Crippen LogP) is 3.95. The van der Waals surface area contributed by atoms with E-state index < -0.39 is 28.3 Å². The molecule has 0 unspecified atom stereocenters.